The van der Waals surface area contributed by atoms with Gasteiger partial charge in [-0.3, -0.25) is 0 Å². The molecule has 1 atom stereocenters. The van der Waals surface area contributed by atoms with Gasteiger partial charge in [0.15, 0.2) is 0 Å². The average Bonchev–Trinajstić information content (AvgIpc) is 2.05. The van der Waals surface area contributed by atoms with E-state index in [2.05, 4.69) is 36.4 Å². The predicted octanol–water partition coefficient (Wildman–Crippen LogP) is 3.45. The molecule has 0 spiro atoms. The second-order valence-corrected chi connectivity index (χ2v) is 5.45. The minimum atomic E-state index is 0.0447. The molecule has 1 aromatic rings. The topological polar surface area (TPSA) is 20.2 Å². The average molecular weight is 276 g/mol. The van der Waals surface area contributed by atoms with E-state index in [-0.39, 0.29) is 3.42 Å². The summed E-state index contributed by atoms with van der Waals surface area (Å²) >= 11 is 2.37. The SMILES string of the molecule is CCC(C)(I)c1ccccc1O. The van der Waals surface area contributed by atoms with E-state index < -0.39 is 0 Å². The summed E-state index contributed by atoms with van der Waals surface area (Å²) in [5.74, 6) is 0.399. The van der Waals surface area contributed by atoms with Gasteiger partial charge in [0.25, 0.3) is 0 Å². The normalized spacial score (nSPS) is 15.6. The lowest BCUT2D eigenvalue weighted by atomic mass is 9.98. The second-order valence-electron chi connectivity index (χ2n) is 3.07. The monoisotopic (exact) mass is 276 g/mol. The predicted molar refractivity (Wildman–Crippen MR) is 59.8 cm³/mol. The zero-order chi connectivity index (χ0) is 9.19. The maximum absolute atomic E-state index is 9.57. The van der Waals surface area contributed by atoms with Gasteiger partial charge in [0.05, 0.1) is 0 Å². The molecule has 1 N–H and O–H groups in total. The van der Waals surface area contributed by atoms with Crippen molar-refractivity contribution in [2.45, 2.75) is 23.7 Å². The van der Waals surface area contributed by atoms with Gasteiger partial charge in [0, 0.05) is 8.99 Å². The first kappa shape index (κ1) is 9.84. The number of para-hydroxylation sites is 1. The zero-order valence-electron chi connectivity index (χ0n) is 7.34. The standard InChI is InChI=1S/C10H13IO/c1-3-10(2,11)8-6-4-5-7-9(8)12/h4-7,12H,3H2,1-2H3. The molecule has 1 aromatic carbocycles. The summed E-state index contributed by atoms with van der Waals surface area (Å²) < 4.78 is 0.0447. The van der Waals surface area contributed by atoms with Crippen molar-refractivity contribution in [3.63, 3.8) is 0 Å². The van der Waals surface area contributed by atoms with Gasteiger partial charge < -0.3 is 5.11 Å². The molecule has 0 fully saturated rings. The molecule has 0 aliphatic rings. The highest BCUT2D eigenvalue weighted by atomic mass is 127. The molecule has 1 rings (SSSR count). The van der Waals surface area contributed by atoms with Gasteiger partial charge in [-0.25, -0.2) is 0 Å². The minimum absolute atomic E-state index is 0.0447. The lowest BCUT2D eigenvalue weighted by molar-refractivity contribution is 0.460. The van der Waals surface area contributed by atoms with Gasteiger partial charge in [0.2, 0.25) is 0 Å². The van der Waals surface area contributed by atoms with Crippen molar-refractivity contribution in [2.24, 2.45) is 0 Å². The van der Waals surface area contributed by atoms with Crippen LogP contribution in [0.3, 0.4) is 0 Å². The first-order valence-corrected chi connectivity index (χ1v) is 5.13. The Morgan fingerprint density at radius 2 is 2.00 bits per heavy atom. The van der Waals surface area contributed by atoms with Gasteiger partial charge in [-0.05, 0) is 19.4 Å². The van der Waals surface area contributed by atoms with E-state index >= 15 is 0 Å². The number of halogens is 1. The summed E-state index contributed by atoms with van der Waals surface area (Å²) in [6.45, 7) is 4.25. The molecule has 0 saturated heterocycles. The van der Waals surface area contributed by atoms with Crippen molar-refractivity contribution in [3.05, 3.63) is 29.8 Å². The molecule has 0 amide bonds. The smallest absolute Gasteiger partial charge is 0.120 e. The number of hydrogen-bond acceptors (Lipinski definition) is 1. The fourth-order valence-electron chi connectivity index (χ4n) is 1.10. The minimum Gasteiger partial charge on any atom is -0.508 e. The quantitative estimate of drug-likeness (QED) is 0.648. The summed E-state index contributed by atoms with van der Waals surface area (Å²) in [5.41, 5.74) is 1.02. The molecule has 0 aliphatic carbocycles. The first-order valence-electron chi connectivity index (χ1n) is 4.05. The van der Waals surface area contributed by atoms with Crippen molar-refractivity contribution >= 4 is 22.6 Å². The van der Waals surface area contributed by atoms with E-state index in [0.717, 1.165) is 12.0 Å². The third-order valence-electron chi connectivity index (χ3n) is 2.13. The Morgan fingerprint density at radius 3 is 2.50 bits per heavy atom. The Balaban J connectivity index is 3.10. The maximum atomic E-state index is 9.57. The third-order valence-corrected chi connectivity index (χ3v) is 3.47. The van der Waals surface area contributed by atoms with Gasteiger partial charge in [-0.15, -0.1) is 0 Å². The number of phenolic OH excluding ortho intramolecular Hbond substituents is 1. The van der Waals surface area contributed by atoms with Gasteiger partial charge >= 0.3 is 0 Å². The van der Waals surface area contributed by atoms with Crippen molar-refractivity contribution < 1.29 is 5.11 Å². The summed E-state index contributed by atoms with van der Waals surface area (Å²) in [6.07, 6.45) is 1.02. The lowest BCUT2D eigenvalue weighted by Gasteiger charge is -2.21. The maximum Gasteiger partial charge on any atom is 0.120 e. The van der Waals surface area contributed by atoms with Crippen LogP contribution in [0.4, 0.5) is 0 Å². The highest BCUT2D eigenvalue weighted by Crippen LogP contribution is 2.39. The summed E-state index contributed by atoms with van der Waals surface area (Å²) in [4.78, 5) is 0. The van der Waals surface area contributed by atoms with Gasteiger partial charge in [0.1, 0.15) is 5.75 Å². The van der Waals surface area contributed by atoms with Crippen LogP contribution in [0.2, 0.25) is 0 Å². The molecule has 0 radical (unpaired) electrons. The summed E-state index contributed by atoms with van der Waals surface area (Å²) in [7, 11) is 0. The van der Waals surface area contributed by atoms with E-state index in [0.29, 0.717) is 5.75 Å². The Morgan fingerprint density at radius 1 is 1.42 bits per heavy atom. The molecule has 0 saturated carbocycles. The van der Waals surface area contributed by atoms with Crippen LogP contribution >= 0.6 is 22.6 Å². The van der Waals surface area contributed by atoms with Crippen molar-refractivity contribution in [2.75, 3.05) is 0 Å². The number of rotatable bonds is 2. The zero-order valence-corrected chi connectivity index (χ0v) is 9.50. The molecule has 0 aliphatic heterocycles. The lowest BCUT2D eigenvalue weighted by Crippen LogP contribution is -2.10. The van der Waals surface area contributed by atoms with Crippen LogP contribution in [0.25, 0.3) is 0 Å². The highest BCUT2D eigenvalue weighted by Gasteiger charge is 2.22. The number of alkyl halides is 1. The van der Waals surface area contributed by atoms with Crippen molar-refractivity contribution in [1.29, 1.82) is 0 Å². The Kier molecular flexibility index (Phi) is 2.99. The number of hydrogen-bond donors (Lipinski definition) is 1. The number of benzene rings is 1. The fraction of sp³-hybridized carbons (Fsp3) is 0.400. The third kappa shape index (κ3) is 1.91. The van der Waals surface area contributed by atoms with Crippen LogP contribution in [0, 0.1) is 0 Å². The Labute approximate surface area is 86.9 Å². The van der Waals surface area contributed by atoms with Crippen molar-refractivity contribution in [1.82, 2.24) is 0 Å². The molecule has 0 aromatic heterocycles. The van der Waals surface area contributed by atoms with Crippen LogP contribution in [0.5, 0.6) is 5.75 Å². The van der Waals surface area contributed by atoms with E-state index in [1.54, 1.807) is 6.07 Å². The van der Waals surface area contributed by atoms with Crippen LogP contribution in [0.15, 0.2) is 24.3 Å². The molecule has 2 heteroatoms. The number of aromatic hydroxyl groups is 1. The van der Waals surface area contributed by atoms with Crippen LogP contribution < -0.4 is 0 Å². The summed E-state index contributed by atoms with van der Waals surface area (Å²) in [6, 6.07) is 7.52. The molecule has 1 nitrogen and oxygen atoms in total. The molecule has 1 unspecified atom stereocenters. The van der Waals surface area contributed by atoms with E-state index in [4.69, 9.17) is 0 Å². The van der Waals surface area contributed by atoms with Crippen LogP contribution in [0.1, 0.15) is 25.8 Å². The molecule has 0 heterocycles. The van der Waals surface area contributed by atoms with Crippen LogP contribution in [-0.2, 0) is 3.42 Å². The fourth-order valence-corrected chi connectivity index (χ4v) is 1.56. The van der Waals surface area contributed by atoms with E-state index in [9.17, 15) is 5.11 Å². The van der Waals surface area contributed by atoms with Gasteiger partial charge in [-0.2, -0.15) is 0 Å². The van der Waals surface area contributed by atoms with Crippen molar-refractivity contribution in [3.8, 4) is 5.75 Å². The second kappa shape index (κ2) is 3.64. The first-order chi connectivity index (χ1) is 5.58. The van der Waals surface area contributed by atoms with E-state index in [1.807, 2.05) is 18.2 Å². The molecule has 0 bridgehead atoms. The Hall–Kier alpha value is -0.250. The van der Waals surface area contributed by atoms with Crippen LogP contribution in [-0.4, -0.2) is 5.11 Å². The van der Waals surface area contributed by atoms with E-state index in [1.165, 1.54) is 0 Å². The largest absolute Gasteiger partial charge is 0.508 e. The van der Waals surface area contributed by atoms with Gasteiger partial charge in [-0.1, -0.05) is 47.7 Å². The molecular weight excluding hydrogens is 263 g/mol. The Bertz CT molecular complexity index is 268. The molecule has 66 valence electrons. The molecular formula is C10H13IO. The number of phenols is 1. The molecule has 12 heavy (non-hydrogen) atoms. The highest BCUT2D eigenvalue weighted by molar-refractivity contribution is 14.1. The summed E-state index contributed by atoms with van der Waals surface area (Å²) in [5, 5.41) is 9.57.